The van der Waals surface area contributed by atoms with Gasteiger partial charge in [-0.15, -0.1) is 0 Å². The molecule has 9 nitrogen and oxygen atoms in total. The van der Waals surface area contributed by atoms with Gasteiger partial charge in [0.25, 0.3) is 0 Å². The molecule has 2 aromatic rings. The van der Waals surface area contributed by atoms with Crippen LogP contribution in [0.2, 0.25) is 0 Å². The first-order valence-corrected chi connectivity index (χ1v) is 9.85. The topological polar surface area (TPSA) is 132 Å². The lowest BCUT2D eigenvalue weighted by atomic mass is 10.2. The number of ether oxygens (including phenoxy) is 5. The second-order valence-electron chi connectivity index (χ2n) is 6.36. The van der Waals surface area contributed by atoms with Crippen molar-refractivity contribution in [1.82, 2.24) is 0 Å². The highest BCUT2D eigenvalue weighted by molar-refractivity contribution is 5.90. The van der Waals surface area contributed by atoms with E-state index in [2.05, 4.69) is 0 Å². The van der Waals surface area contributed by atoms with E-state index in [1.165, 1.54) is 0 Å². The van der Waals surface area contributed by atoms with Crippen molar-refractivity contribution < 1.29 is 33.3 Å². The van der Waals surface area contributed by atoms with Crippen LogP contribution < -0.4 is 11.5 Å². The highest BCUT2D eigenvalue weighted by Crippen LogP contribution is 2.08. The van der Waals surface area contributed by atoms with Gasteiger partial charge in [-0.1, -0.05) is 12.1 Å². The normalized spacial score (nSPS) is 10.6. The predicted molar refractivity (Wildman–Crippen MR) is 115 cm³/mol. The molecule has 0 unspecified atom stereocenters. The van der Waals surface area contributed by atoms with Gasteiger partial charge in [-0.25, -0.2) is 9.59 Å². The third-order valence-corrected chi connectivity index (χ3v) is 3.91. The molecule has 0 radical (unpaired) electrons. The summed E-state index contributed by atoms with van der Waals surface area (Å²) in [4.78, 5) is 23.6. The number of rotatable bonds is 14. The first kappa shape index (κ1) is 24.1. The molecule has 0 amide bonds. The Morgan fingerprint density at radius 3 is 1.29 bits per heavy atom. The van der Waals surface area contributed by atoms with Gasteiger partial charge in [0, 0.05) is 11.4 Å². The first-order valence-electron chi connectivity index (χ1n) is 9.85. The van der Waals surface area contributed by atoms with Gasteiger partial charge in [0.2, 0.25) is 0 Å². The molecule has 4 N–H and O–H groups in total. The Morgan fingerprint density at radius 2 is 0.935 bits per heavy atom. The minimum Gasteiger partial charge on any atom is -0.460 e. The highest BCUT2D eigenvalue weighted by Gasteiger charge is 2.07. The molecule has 0 bridgehead atoms. The lowest BCUT2D eigenvalue weighted by molar-refractivity contribution is -0.00674. The van der Waals surface area contributed by atoms with E-state index in [0.29, 0.717) is 48.9 Å². The van der Waals surface area contributed by atoms with Crippen molar-refractivity contribution in [2.24, 2.45) is 0 Å². The molecule has 0 atom stereocenters. The Balaban J connectivity index is 1.37. The van der Waals surface area contributed by atoms with Gasteiger partial charge in [0.15, 0.2) is 0 Å². The monoisotopic (exact) mass is 432 g/mol. The van der Waals surface area contributed by atoms with Crippen LogP contribution in [0.4, 0.5) is 11.4 Å². The van der Waals surface area contributed by atoms with Crippen LogP contribution in [-0.2, 0) is 23.7 Å². The molecule has 31 heavy (non-hydrogen) atoms. The van der Waals surface area contributed by atoms with E-state index in [9.17, 15) is 9.59 Å². The van der Waals surface area contributed by atoms with E-state index in [4.69, 9.17) is 35.2 Å². The molecular weight excluding hydrogens is 404 g/mol. The number of hydrogen-bond donors (Lipinski definition) is 2. The van der Waals surface area contributed by atoms with Crippen LogP contribution >= 0.6 is 0 Å². The minimum absolute atomic E-state index is 0.144. The fraction of sp³-hybridized carbons (Fsp3) is 0.364. The minimum atomic E-state index is -0.442. The van der Waals surface area contributed by atoms with Crippen molar-refractivity contribution >= 4 is 23.3 Å². The van der Waals surface area contributed by atoms with Crippen LogP contribution in [-0.4, -0.2) is 64.8 Å². The predicted octanol–water partition coefficient (Wildman–Crippen LogP) is 1.91. The number of nitrogens with two attached hydrogens (primary N) is 2. The van der Waals surface area contributed by atoms with Crippen LogP contribution in [0.5, 0.6) is 0 Å². The van der Waals surface area contributed by atoms with E-state index in [0.717, 1.165) is 0 Å². The van der Waals surface area contributed by atoms with Gasteiger partial charge < -0.3 is 35.2 Å². The standard InChI is InChI=1S/C22H28N2O7/c23-19-5-1-3-17(15-19)21(25)30-13-11-28-9-7-27-8-10-29-12-14-31-22(26)18-4-2-6-20(24)16-18/h1-6,15-16H,7-14,23-24H2. The van der Waals surface area contributed by atoms with E-state index in [1.807, 2.05) is 0 Å². The van der Waals surface area contributed by atoms with Crippen molar-refractivity contribution in [3.05, 3.63) is 59.7 Å². The van der Waals surface area contributed by atoms with Crippen molar-refractivity contribution in [2.75, 3.05) is 64.3 Å². The number of anilines is 2. The van der Waals surface area contributed by atoms with Gasteiger partial charge >= 0.3 is 11.9 Å². The van der Waals surface area contributed by atoms with Gasteiger partial charge in [-0.3, -0.25) is 0 Å². The molecule has 0 saturated heterocycles. The molecule has 0 aliphatic carbocycles. The molecule has 0 fully saturated rings. The fourth-order valence-corrected chi connectivity index (χ4v) is 2.43. The number of esters is 2. The molecule has 168 valence electrons. The quantitative estimate of drug-likeness (QED) is 0.261. The average molecular weight is 432 g/mol. The molecule has 0 aliphatic rings. The number of nitrogen functional groups attached to an aromatic ring is 2. The van der Waals surface area contributed by atoms with Crippen LogP contribution in [0.1, 0.15) is 20.7 Å². The summed E-state index contributed by atoms with van der Waals surface area (Å²) in [5.41, 5.74) is 13.1. The maximum absolute atomic E-state index is 11.8. The number of hydrogen-bond acceptors (Lipinski definition) is 9. The third kappa shape index (κ3) is 9.94. The van der Waals surface area contributed by atoms with E-state index in [-0.39, 0.29) is 26.4 Å². The van der Waals surface area contributed by atoms with Crippen LogP contribution in [0.25, 0.3) is 0 Å². The second-order valence-corrected chi connectivity index (χ2v) is 6.36. The summed E-state index contributed by atoms with van der Waals surface area (Å²) in [5, 5.41) is 0. The molecule has 0 aliphatic heterocycles. The second kappa shape index (κ2) is 14.0. The number of benzene rings is 2. The van der Waals surface area contributed by atoms with Crippen molar-refractivity contribution in [3.63, 3.8) is 0 Å². The first-order chi connectivity index (χ1) is 15.1. The van der Waals surface area contributed by atoms with Gasteiger partial charge in [0.05, 0.1) is 50.8 Å². The van der Waals surface area contributed by atoms with Crippen molar-refractivity contribution in [2.45, 2.75) is 0 Å². The third-order valence-electron chi connectivity index (χ3n) is 3.91. The van der Waals surface area contributed by atoms with Gasteiger partial charge in [-0.2, -0.15) is 0 Å². The largest absolute Gasteiger partial charge is 0.460 e. The molecule has 9 heteroatoms. The fourth-order valence-electron chi connectivity index (χ4n) is 2.43. The molecule has 0 aromatic heterocycles. The zero-order valence-electron chi connectivity index (χ0n) is 17.3. The van der Waals surface area contributed by atoms with Crippen LogP contribution in [0.3, 0.4) is 0 Å². The summed E-state index contributed by atoms with van der Waals surface area (Å²) in [6.07, 6.45) is 0. The Kier molecular flexibility index (Phi) is 10.9. The van der Waals surface area contributed by atoms with E-state index < -0.39 is 11.9 Å². The maximum Gasteiger partial charge on any atom is 0.338 e. The summed E-state index contributed by atoms with van der Waals surface area (Å²) in [7, 11) is 0. The van der Waals surface area contributed by atoms with E-state index in [1.54, 1.807) is 48.5 Å². The van der Waals surface area contributed by atoms with Crippen LogP contribution in [0.15, 0.2) is 48.5 Å². The molecule has 2 aromatic carbocycles. The molecule has 0 heterocycles. The van der Waals surface area contributed by atoms with Gasteiger partial charge in [0.1, 0.15) is 13.2 Å². The average Bonchev–Trinajstić information content (AvgIpc) is 2.76. The number of carbonyl (C=O) groups excluding carboxylic acids is 2. The van der Waals surface area contributed by atoms with Crippen LogP contribution in [0, 0.1) is 0 Å². The highest BCUT2D eigenvalue weighted by atomic mass is 16.6. The summed E-state index contributed by atoms with van der Waals surface area (Å²) < 4.78 is 26.2. The smallest absolute Gasteiger partial charge is 0.338 e. The molecular formula is C22H28N2O7. The van der Waals surface area contributed by atoms with Gasteiger partial charge in [-0.05, 0) is 36.4 Å². The summed E-state index contributed by atoms with van der Waals surface area (Å²) in [5.74, 6) is -0.884. The Bertz CT molecular complexity index is 762. The lowest BCUT2D eigenvalue weighted by Crippen LogP contribution is -2.15. The van der Waals surface area contributed by atoms with Crippen molar-refractivity contribution in [1.29, 1.82) is 0 Å². The lowest BCUT2D eigenvalue weighted by Gasteiger charge is -2.08. The summed E-state index contributed by atoms with van der Waals surface area (Å²) in [6, 6.07) is 13.2. The SMILES string of the molecule is Nc1cccc(C(=O)OCCOCCOCCOCCOC(=O)c2cccc(N)c2)c1. The Morgan fingerprint density at radius 1 is 0.581 bits per heavy atom. The van der Waals surface area contributed by atoms with Crippen molar-refractivity contribution in [3.8, 4) is 0 Å². The Hall–Kier alpha value is -3.14. The maximum atomic E-state index is 11.8. The molecule has 2 rings (SSSR count). The zero-order chi connectivity index (χ0) is 22.3. The van der Waals surface area contributed by atoms with E-state index >= 15 is 0 Å². The molecule has 0 spiro atoms. The summed E-state index contributed by atoms with van der Waals surface area (Å²) in [6.45, 7) is 2.34. The number of carbonyl (C=O) groups is 2. The zero-order valence-corrected chi connectivity index (χ0v) is 17.3. The Labute approximate surface area is 181 Å². The molecule has 0 saturated carbocycles. The summed E-state index contributed by atoms with van der Waals surface area (Å²) >= 11 is 0.